The predicted molar refractivity (Wildman–Crippen MR) is 61.9 cm³/mol. The number of hydrogen-bond donors (Lipinski definition) is 1. The van der Waals surface area contributed by atoms with Crippen molar-refractivity contribution in [2.45, 2.75) is 6.61 Å². The van der Waals surface area contributed by atoms with E-state index in [0.29, 0.717) is 0 Å². The largest absolute Gasteiger partial charge is 0.477 e. The molecule has 0 saturated carbocycles. The van der Waals surface area contributed by atoms with Crippen LogP contribution in [0, 0.1) is 5.82 Å². The number of nitrogens with zero attached hydrogens (tertiary/aromatic N) is 1. The van der Waals surface area contributed by atoms with E-state index in [9.17, 15) is 9.18 Å². The SMILES string of the molecule is O=C(O)c1ccc(F)c(OCc2ccccc2)n1. The average Bonchev–Trinajstić information content (AvgIpc) is 2.38. The van der Waals surface area contributed by atoms with Gasteiger partial charge in [-0.1, -0.05) is 30.3 Å². The van der Waals surface area contributed by atoms with Gasteiger partial charge in [0, 0.05) is 0 Å². The summed E-state index contributed by atoms with van der Waals surface area (Å²) >= 11 is 0. The van der Waals surface area contributed by atoms with Gasteiger partial charge in [-0.2, -0.15) is 0 Å². The Morgan fingerprint density at radius 2 is 1.94 bits per heavy atom. The molecule has 5 heteroatoms. The number of rotatable bonds is 4. The number of aromatic carboxylic acids is 1. The van der Waals surface area contributed by atoms with Gasteiger partial charge in [-0.05, 0) is 17.7 Å². The van der Waals surface area contributed by atoms with Crippen LogP contribution in [0.15, 0.2) is 42.5 Å². The second-order valence-corrected chi connectivity index (χ2v) is 3.56. The molecule has 92 valence electrons. The Morgan fingerprint density at radius 3 is 2.61 bits per heavy atom. The van der Waals surface area contributed by atoms with E-state index in [-0.39, 0.29) is 18.2 Å². The van der Waals surface area contributed by atoms with Gasteiger partial charge in [0.15, 0.2) is 11.5 Å². The quantitative estimate of drug-likeness (QED) is 0.901. The molecule has 0 radical (unpaired) electrons. The Hall–Kier alpha value is -2.43. The summed E-state index contributed by atoms with van der Waals surface area (Å²) in [6, 6.07) is 11.3. The zero-order valence-corrected chi connectivity index (χ0v) is 9.34. The molecule has 0 atom stereocenters. The van der Waals surface area contributed by atoms with Gasteiger partial charge in [0.1, 0.15) is 6.61 Å². The molecule has 0 fully saturated rings. The lowest BCUT2D eigenvalue weighted by Crippen LogP contribution is -2.05. The molecule has 0 aliphatic rings. The summed E-state index contributed by atoms with van der Waals surface area (Å²) < 4.78 is 18.5. The zero-order chi connectivity index (χ0) is 13.0. The van der Waals surface area contributed by atoms with Crippen LogP contribution in [0.3, 0.4) is 0 Å². The highest BCUT2D eigenvalue weighted by Gasteiger charge is 2.11. The molecular formula is C13H10FNO3. The van der Waals surface area contributed by atoms with Gasteiger partial charge in [0.25, 0.3) is 5.88 Å². The molecule has 0 unspecified atom stereocenters. The highest BCUT2D eigenvalue weighted by molar-refractivity contribution is 5.85. The summed E-state index contributed by atoms with van der Waals surface area (Å²) in [5.41, 5.74) is 0.596. The molecule has 0 aliphatic heterocycles. The molecule has 1 aromatic heterocycles. The van der Waals surface area contributed by atoms with E-state index >= 15 is 0 Å². The van der Waals surface area contributed by atoms with Crippen molar-refractivity contribution in [3.8, 4) is 5.88 Å². The van der Waals surface area contributed by atoms with E-state index in [1.54, 1.807) is 0 Å². The van der Waals surface area contributed by atoms with E-state index in [2.05, 4.69) is 4.98 Å². The van der Waals surface area contributed by atoms with Crippen LogP contribution < -0.4 is 4.74 Å². The monoisotopic (exact) mass is 247 g/mol. The minimum Gasteiger partial charge on any atom is -0.477 e. The predicted octanol–water partition coefficient (Wildman–Crippen LogP) is 2.50. The van der Waals surface area contributed by atoms with Crippen LogP contribution >= 0.6 is 0 Å². The number of carboxylic acid groups (broad SMARTS) is 1. The standard InChI is InChI=1S/C13H10FNO3/c14-10-6-7-11(13(16)17)15-12(10)18-8-9-4-2-1-3-5-9/h1-7H,8H2,(H,16,17). The van der Waals surface area contributed by atoms with Crippen molar-refractivity contribution in [1.29, 1.82) is 0 Å². The smallest absolute Gasteiger partial charge is 0.354 e. The Kier molecular flexibility index (Phi) is 3.52. The van der Waals surface area contributed by atoms with Crippen molar-refractivity contribution in [3.63, 3.8) is 0 Å². The molecule has 1 N–H and O–H groups in total. The van der Waals surface area contributed by atoms with Crippen molar-refractivity contribution in [2.75, 3.05) is 0 Å². The van der Waals surface area contributed by atoms with Crippen LogP contribution in [0.2, 0.25) is 0 Å². The third kappa shape index (κ3) is 2.82. The van der Waals surface area contributed by atoms with E-state index in [4.69, 9.17) is 9.84 Å². The maximum atomic E-state index is 13.4. The van der Waals surface area contributed by atoms with Crippen molar-refractivity contribution in [3.05, 3.63) is 59.5 Å². The van der Waals surface area contributed by atoms with Gasteiger partial charge in [0.2, 0.25) is 0 Å². The van der Waals surface area contributed by atoms with Gasteiger partial charge in [-0.15, -0.1) is 0 Å². The lowest BCUT2D eigenvalue weighted by atomic mass is 10.2. The van der Waals surface area contributed by atoms with Crippen LogP contribution in [0.1, 0.15) is 16.1 Å². The summed E-state index contributed by atoms with van der Waals surface area (Å²) in [5.74, 6) is -2.21. The fourth-order valence-electron chi connectivity index (χ4n) is 1.37. The number of aromatic nitrogens is 1. The van der Waals surface area contributed by atoms with Gasteiger partial charge in [-0.25, -0.2) is 14.2 Å². The summed E-state index contributed by atoms with van der Waals surface area (Å²) in [5, 5.41) is 8.74. The van der Waals surface area contributed by atoms with E-state index in [1.165, 1.54) is 0 Å². The first kappa shape index (κ1) is 12.0. The first-order valence-electron chi connectivity index (χ1n) is 5.23. The van der Waals surface area contributed by atoms with E-state index in [0.717, 1.165) is 17.7 Å². The fraction of sp³-hybridized carbons (Fsp3) is 0.0769. The van der Waals surface area contributed by atoms with Crippen LogP contribution in [0.25, 0.3) is 0 Å². The molecule has 0 saturated heterocycles. The molecular weight excluding hydrogens is 237 g/mol. The van der Waals surface area contributed by atoms with Crippen LogP contribution in [-0.4, -0.2) is 16.1 Å². The lowest BCUT2D eigenvalue weighted by molar-refractivity contribution is 0.0688. The molecule has 1 aromatic carbocycles. The number of pyridine rings is 1. The molecule has 18 heavy (non-hydrogen) atoms. The topological polar surface area (TPSA) is 59.4 Å². The third-order valence-corrected chi connectivity index (χ3v) is 2.25. The highest BCUT2D eigenvalue weighted by atomic mass is 19.1. The van der Waals surface area contributed by atoms with Crippen molar-refractivity contribution in [1.82, 2.24) is 4.98 Å². The Labute approximate surface area is 103 Å². The van der Waals surface area contributed by atoms with E-state index in [1.807, 2.05) is 30.3 Å². The number of carbonyl (C=O) groups is 1. The molecule has 1 heterocycles. The molecule has 0 amide bonds. The van der Waals surface area contributed by atoms with Crippen LogP contribution in [-0.2, 0) is 6.61 Å². The number of hydrogen-bond acceptors (Lipinski definition) is 3. The van der Waals surface area contributed by atoms with Crippen molar-refractivity contribution >= 4 is 5.97 Å². The van der Waals surface area contributed by atoms with Gasteiger partial charge in [0.05, 0.1) is 0 Å². The maximum Gasteiger partial charge on any atom is 0.354 e. The lowest BCUT2D eigenvalue weighted by Gasteiger charge is -2.06. The number of carboxylic acids is 1. The summed E-state index contributed by atoms with van der Waals surface area (Å²) in [7, 11) is 0. The highest BCUT2D eigenvalue weighted by Crippen LogP contribution is 2.16. The minimum absolute atomic E-state index is 0.133. The minimum atomic E-state index is -1.22. The molecule has 4 nitrogen and oxygen atoms in total. The Balaban J connectivity index is 2.14. The Morgan fingerprint density at radius 1 is 1.22 bits per heavy atom. The van der Waals surface area contributed by atoms with Crippen molar-refractivity contribution in [2.24, 2.45) is 0 Å². The molecule has 2 aromatic rings. The molecule has 2 rings (SSSR count). The van der Waals surface area contributed by atoms with Crippen LogP contribution in [0.4, 0.5) is 4.39 Å². The first-order chi connectivity index (χ1) is 8.66. The summed E-state index contributed by atoms with van der Waals surface area (Å²) in [4.78, 5) is 14.3. The zero-order valence-electron chi connectivity index (χ0n) is 9.34. The molecule has 0 aliphatic carbocycles. The average molecular weight is 247 g/mol. The molecule has 0 bridgehead atoms. The van der Waals surface area contributed by atoms with Crippen molar-refractivity contribution < 1.29 is 19.0 Å². The van der Waals surface area contributed by atoms with Crippen LogP contribution in [0.5, 0.6) is 5.88 Å². The number of ether oxygens (including phenoxy) is 1. The fourth-order valence-corrected chi connectivity index (χ4v) is 1.37. The Bertz CT molecular complexity index is 557. The van der Waals surface area contributed by atoms with Gasteiger partial charge < -0.3 is 9.84 Å². The van der Waals surface area contributed by atoms with Gasteiger partial charge in [-0.3, -0.25) is 0 Å². The maximum absolute atomic E-state index is 13.4. The summed E-state index contributed by atoms with van der Waals surface area (Å²) in [6.45, 7) is 0.133. The van der Waals surface area contributed by atoms with Gasteiger partial charge >= 0.3 is 5.97 Å². The number of benzene rings is 1. The number of halogens is 1. The molecule has 0 spiro atoms. The second kappa shape index (κ2) is 5.27. The van der Waals surface area contributed by atoms with E-state index < -0.39 is 11.8 Å². The normalized spacial score (nSPS) is 10.1. The third-order valence-electron chi connectivity index (χ3n) is 2.25. The first-order valence-corrected chi connectivity index (χ1v) is 5.23. The second-order valence-electron chi connectivity index (χ2n) is 3.56. The summed E-state index contributed by atoms with van der Waals surface area (Å²) in [6.07, 6.45) is 0.